The van der Waals surface area contributed by atoms with Crippen LogP contribution < -0.4 is 10.2 Å². The Morgan fingerprint density at radius 3 is 2.65 bits per heavy atom. The van der Waals surface area contributed by atoms with Gasteiger partial charge in [0.25, 0.3) is 5.91 Å². The first-order chi connectivity index (χ1) is 16.4. The summed E-state index contributed by atoms with van der Waals surface area (Å²) in [5.41, 5.74) is 3.35. The standard InChI is InChI=1S/C26H22ClFN2O4/c1-16-13-33-15-21-22(16)24(31)25(34-14-17-5-3-2-4-6-17)23-26(32)29(9-10-30(21)23)12-18-7-8-20(28)19(27)11-18/h2-8,11,13H,9-10,12,14-15H2,1H3. The fourth-order valence-corrected chi connectivity index (χ4v) is 4.61. The lowest BCUT2D eigenvalue weighted by atomic mass is 10.0. The van der Waals surface area contributed by atoms with Crippen LogP contribution in [0.3, 0.4) is 0 Å². The van der Waals surface area contributed by atoms with Crippen LogP contribution in [0.5, 0.6) is 5.75 Å². The number of rotatable bonds is 5. The van der Waals surface area contributed by atoms with Crippen LogP contribution in [-0.4, -0.2) is 21.9 Å². The van der Waals surface area contributed by atoms with Crippen LogP contribution in [0.25, 0.3) is 5.57 Å². The first-order valence-electron chi connectivity index (χ1n) is 10.9. The van der Waals surface area contributed by atoms with Crippen molar-refractivity contribution < 1.29 is 18.7 Å². The number of carbonyl (C=O) groups excluding carboxylic acids is 1. The number of ether oxygens (including phenoxy) is 2. The van der Waals surface area contributed by atoms with Crippen LogP contribution >= 0.6 is 11.6 Å². The van der Waals surface area contributed by atoms with Gasteiger partial charge in [-0.3, -0.25) is 9.59 Å². The molecule has 3 aromatic rings. The number of hydrogen-bond acceptors (Lipinski definition) is 4. The van der Waals surface area contributed by atoms with Gasteiger partial charge in [0.15, 0.2) is 11.4 Å². The summed E-state index contributed by atoms with van der Waals surface area (Å²) in [6.45, 7) is 3.28. The van der Waals surface area contributed by atoms with E-state index < -0.39 is 5.82 Å². The van der Waals surface area contributed by atoms with Crippen molar-refractivity contribution >= 4 is 23.1 Å². The Labute approximate surface area is 200 Å². The van der Waals surface area contributed by atoms with Crippen LogP contribution in [0.4, 0.5) is 4.39 Å². The summed E-state index contributed by atoms with van der Waals surface area (Å²) in [5, 5.41) is -0.000979. The molecule has 1 amide bonds. The second-order valence-electron chi connectivity index (χ2n) is 8.34. The Morgan fingerprint density at radius 1 is 1.09 bits per heavy atom. The first kappa shape index (κ1) is 22.2. The molecule has 5 rings (SSSR count). The second kappa shape index (κ2) is 8.99. The first-order valence-corrected chi connectivity index (χ1v) is 11.3. The van der Waals surface area contributed by atoms with Gasteiger partial charge in [-0.05, 0) is 35.8 Å². The molecule has 0 saturated carbocycles. The molecular formula is C26H22ClFN2O4. The van der Waals surface area contributed by atoms with Gasteiger partial charge in [0.05, 0.1) is 22.5 Å². The van der Waals surface area contributed by atoms with Crippen molar-refractivity contribution in [3.8, 4) is 5.75 Å². The summed E-state index contributed by atoms with van der Waals surface area (Å²) in [6, 6.07) is 13.9. The molecule has 2 aliphatic heterocycles. The van der Waals surface area contributed by atoms with Crippen LogP contribution in [0.15, 0.2) is 59.6 Å². The van der Waals surface area contributed by atoms with Gasteiger partial charge >= 0.3 is 0 Å². The monoisotopic (exact) mass is 480 g/mol. The number of allylic oxidation sites excluding steroid dienone is 1. The lowest BCUT2D eigenvalue weighted by molar-refractivity contribution is 0.0673. The third-order valence-corrected chi connectivity index (χ3v) is 6.36. The van der Waals surface area contributed by atoms with Crippen molar-refractivity contribution in [3.05, 3.63) is 104 Å². The summed E-state index contributed by atoms with van der Waals surface area (Å²) >= 11 is 5.92. The molecule has 6 nitrogen and oxygen atoms in total. The van der Waals surface area contributed by atoms with Gasteiger partial charge in [-0.25, -0.2) is 4.39 Å². The normalized spacial score (nSPS) is 14.7. The minimum atomic E-state index is -0.515. The molecule has 0 radical (unpaired) electrons. The summed E-state index contributed by atoms with van der Waals surface area (Å²) < 4.78 is 27.0. The van der Waals surface area contributed by atoms with E-state index in [9.17, 15) is 14.0 Å². The van der Waals surface area contributed by atoms with Crippen molar-refractivity contribution in [2.24, 2.45) is 0 Å². The molecule has 0 bridgehead atoms. The lowest BCUT2D eigenvalue weighted by Gasteiger charge is -2.34. The summed E-state index contributed by atoms with van der Waals surface area (Å²) in [4.78, 5) is 28.8. The number of nitrogens with zero attached hydrogens (tertiary/aromatic N) is 2. The molecule has 2 aromatic carbocycles. The van der Waals surface area contributed by atoms with Gasteiger partial charge in [-0.2, -0.15) is 0 Å². The quantitative estimate of drug-likeness (QED) is 0.528. The highest BCUT2D eigenvalue weighted by atomic mass is 35.5. The van der Waals surface area contributed by atoms with E-state index in [2.05, 4.69) is 0 Å². The fourth-order valence-electron chi connectivity index (χ4n) is 4.41. The number of fused-ring (bicyclic) bond motifs is 3. The van der Waals surface area contributed by atoms with E-state index >= 15 is 0 Å². The Hall–Kier alpha value is -3.58. The number of pyridine rings is 1. The van der Waals surface area contributed by atoms with E-state index in [-0.39, 0.29) is 47.6 Å². The van der Waals surface area contributed by atoms with Crippen LogP contribution in [-0.2, 0) is 31.0 Å². The van der Waals surface area contributed by atoms with E-state index in [1.807, 2.05) is 41.8 Å². The number of amides is 1. The van der Waals surface area contributed by atoms with E-state index in [1.165, 1.54) is 12.1 Å². The smallest absolute Gasteiger partial charge is 0.274 e. The molecule has 0 N–H and O–H groups in total. The maximum absolute atomic E-state index is 13.6. The van der Waals surface area contributed by atoms with Crippen LogP contribution in [0.2, 0.25) is 5.02 Å². The van der Waals surface area contributed by atoms with E-state index in [0.29, 0.717) is 35.5 Å². The lowest BCUT2D eigenvalue weighted by Crippen LogP contribution is -2.43. The maximum Gasteiger partial charge on any atom is 0.274 e. The highest BCUT2D eigenvalue weighted by molar-refractivity contribution is 6.30. The van der Waals surface area contributed by atoms with Crippen LogP contribution in [0.1, 0.15) is 39.8 Å². The number of hydrogen-bond donors (Lipinski definition) is 0. The molecule has 0 saturated heterocycles. The number of halogens is 2. The highest BCUT2D eigenvalue weighted by Gasteiger charge is 2.34. The molecule has 0 aliphatic carbocycles. The average Bonchev–Trinajstić information content (AvgIpc) is 2.83. The third-order valence-electron chi connectivity index (χ3n) is 6.07. The number of benzene rings is 2. The van der Waals surface area contributed by atoms with Gasteiger partial charge < -0.3 is 18.9 Å². The minimum Gasteiger partial charge on any atom is -0.495 e. The summed E-state index contributed by atoms with van der Waals surface area (Å²) in [5.74, 6) is -0.815. The third kappa shape index (κ3) is 3.96. The fraction of sp³-hybridized carbons (Fsp3) is 0.231. The van der Waals surface area contributed by atoms with Crippen molar-refractivity contribution in [1.29, 1.82) is 0 Å². The number of aromatic nitrogens is 1. The van der Waals surface area contributed by atoms with E-state index in [0.717, 1.165) is 5.56 Å². The molecule has 0 unspecified atom stereocenters. The zero-order valence-electron chi connectivity index (χ0n) is 18.5. The molecule has 0 spiro atoms. The molecule has 3 heterocycles. The maximum atomic E-state index is 13.6. The Kier molecular flexibility index (Phi) is 5.87. The molecule has 0 atom stereocenters. The van der Waals surface area contributed by atoms with E-state index in [1.54, 1.807) is 17.2 Å². The molecular weight excluding hydrogens is 459 g/mol. The molecule has 174 valence electrons. The van der Waals surface area contributed by atoms with Gasteiger partial charge in [0.1, 0.15) is 19.0 Å². The topological polar surface area (TPSA) is 60.8 Å². The predicted octanol–water partition coefficient (Wildman–Crippen LogP) is 4.77. The highest BCUT2D eigenvalue weighted by Crippen LogP contribution is 2.31. The van der Waals surface area contributed by atoms with Gasteiger partial charge in [0.2, 0.25) is 5.43 Å². The number of carbonyl (C=O) groups is 1. The van der Waals surface area contributed by atoms with Crippen molar-refractivity contribution in [2.75, 3.05) is 6.54 Å². The molecule has 1 aromatic heterocycles. The molecule has 34 heavy (non-hydrogen) atoms. The predicted molar refractivity (Wildman–Crippen MR) is 126 cm³/mol. The largest absolute Gasteiger partial charge is 0.495 e. The SMILES string of the molecule is CC1=COCc2c1c(=O)c(OCc1ccccc1)c1n2CCN(Cc2ccc(F)c(Cl)c2)C1=O. The zero-order valence-corrected chi connectivity index (χ0v) is 19.3. The molecule has 0 fully saturated rings. The Morgan fingerprint density at radius 2 is 1.88 bits per heavy atom. The Balaban J connectivity index is 1.56. The minimum absolute atomic E-state index is 0.000979. The van der Waals surface area contributed by atoms with Gasteiger partial charge in [0, 0.05) is 19.6 Å². The van der Waals surface area contributed by atoms with Crippen molar-refractivity contribution in [1.82, 2.24) is 9.47 Å². The summed E-state index contributed by atoms with van der Waals surface area (Å²) in [6.07, 6.45) is 1.56. The van der Waals surface area contributed by atoms with Crippen molar-refractivity contribution in [3.63, 3.8) is 0 Å². The Bertz CT molecular complexity index is 1370. The zero-order chi connectivity index (χ0) is 23.8. The van der Waals surface area contributed by atoms with Crippen LogP contribution in [0, 0.1) is 5.82 Å². The van der Waals surface area contributed by atoms with Gasteiger partial charge in [-0.1, -0.05) is 48.0 Å². The summed E-state index contributed by atoms with van der Waals surface area (Å²) in [7, 11) is 0. The average molecular weight is 481 g/mol. The molecule has 8 heteroatoms. The van der Waals surface area contributed by atoms with Crippen molar-refractivity contribution in [2.45, 2.75) is 33.2 Å². The van der Waals surface area contributed by atoms with Gasteiger partial charge in [-0.15, -0.1) is 0 Å². The van der Waals surface area contributed by atoms with E-state index in [4.69, 9.17) is 21.1 Å². The second-order valence-corrected chi connectivity index (χ2v) is 8.75. The molecule has 2 aliphatic rings.